The average Bonchev–Trinajstić information content (AvgIpc) is 2.48. The largest absolute Gasteiger partial charge is 0.283 e. The number of likely N-dealkylation sites (tertiary alicyclic amines) is 1. The van der Waals surface area contributed by atoms with Crippen LogP contribution in [0.1, 0.15) is 32.6 Å². The Kier molecular flexibility index (Phi) is 4.45. The summed E-state index contributed by atoms with van der Waals surface area (Å²) in [5.74, 6) is 0.0126. The molecular weight excluding hydrogens is 198 g/mol. The molecule has 0 aromatic carbocycles. The van der Waals surface area contributed by atoms with Crippen molar-refractivity contribution in [3.8, 4) is 0 Å². The van der Waals surface area contributed by atoms with Gasteiger partial charge in [0.15, 0.2) is 0 Å². The average molecular weight is 215 g/mol. The highest BCUT2D eigenvalue weighted by atomic mass is 32.2. The van der Waals surface area contributed by atoms with Crippen LogP contribution in [-0.2, 0) is 9.59 Å². The molecule has 80 valence electrons. The van der Waals surface area contributed by atoms with Crippen molar-refractivity contribution in [1.29, 1.82) is 0 Å². The Morgan fingerprint density at radius 3 is 2.43 bits per heavy atom. The first-order valence-corrected chi connectivity index (χ1v) is 6.30. The Morgan fingerprint density at radius 2 is 1.93 bits per heavy atom. The van der Waals surface area contributed by atoms with Crippen molar-refractivity contribution in [3.05, 3.63) is 0 Å². The van der Waals surface area contributed by atoms with Crippen molar-refractivity contribution in [2.45, 2.75) is 37.9 Å². The Morgan fingerprint density at radius 1 is 1.36 bits per heavy atom. The predicted octanol–water partition coefficient (Wildman–Crippen LogP) is 1.67. The highest BCUT2D eigenvalue weighted by Gasteiger charge is 2.27. The molecule has 4 heteroatoms. The van der Waals surface area contributed by atoms with Crippen LogP contribution < -0.4 is 0 Å². The zero-order valence-electron chi connectivity index (χ0n) is 8.78. The number of thioether (sulfide) groups is 1. The van der Waals surface area contributed by atoms with Crippen molar-refractivity contribution in [1.82, 2.24) is 4.90 Å². The molecule has 0 N–H and O–H groups in total. The highest BCUT2D eigenvalue weighted by molar-refractivity contribution is 7.99. The molecular formula is C10H17NO2S. The summed E-state index contributed by atoms with van der Waals surface area (Å²) in [5.41, 5.74) is 0. The first-order chi connectivity index (χ1) is 6.65. The van der Waals surface area contributed by atoms with E-state index < -0.39 is 0 Å². The quantitative estimate of drug-likeness (QED) is 0.655. The Balaban J connectivity index is 2.24. The monoisotopic (exact) mass is 215 g/mol. The third-order valence-corrected chi connectivity index (χ3v) is 3.59. The number of rotatable bonds is 5. The second kappa shape index (κ2) is 5.39. The van der Waals surface area contributed by atoms with E-state index in [-0.39, 0.29) is 11.8 Å². The summed E-state index contributed by atoms with van der Waals surface area (Å²) in [6, 6.07) is 0. The third-order valence-electron chi connectivity index (χ3n) is 2.55. The minimum Gasteiger partial charge on any atom is -0.283 e. The van der Waals surface area contributed by atoms with Crippen LogP contribution in [0, 0.1) is 0 Å². The molecule has 1 heterocycles. The first-order valence-electron chi connectivity index (χ1n) is 5.01. The van der Waals surface area contributed by atoms with Crippen molar-refractivity contribution in [2.75, 3.05) is 12.8 Å². The molecule has 0 saturated carbocycles. The smallest absolute Gasteiger partial charge is 0.229 e. The summed E-state index contributed by atoms with van der Waals surface area (Å²) in [4.78, 5) is 23.9. The lowest BCUT2D eigenvalue weighted by atomic mass is 10.2. The van der Waals surface area contributed by atoms with Gasteiger partial charge in [0, 0.05) is 24.6 Å². The van der Waals surface area contributed by atoms with Gasteiger partial charge in [0.1, 0.15) is 0 Å². The number of hydrogen-bond donors (Lipinski definition) is 0. The van der Waals surface area contributed by atoms with Crippen LogP contribution >= 0.6 is 11.8 Å². The number of hydrogen-bond acceptors (Lipinski definition) is 3. The van der Waals surface area contributed by atoms with Crippen LogP contribution in [0.3, 0.4) is 0 Å². The van der Waals surface area contributed by atoms with Crippen molar-refractivity contribution >= 4 is 23.6 Å². The SMILES string of the molecule is CSC(C)CCCN1C(=O)CCC1=O. The second-order valence-corrected chi connectivity index (χ2v) is 4.90. The van der Waals surface area contributed by atoms with Crippen LogP contribution in [0.5, 0.6) is 0 Å². The summed E-state index contributed by atoms with van der Waals surface area (Å²) in [6.07, 6.45) is 4.91. The fraction of sp³-hybridized carbons (Fsp3) is 0.800. The second-order valence-electron chi connectivity index (χ2n) is 3.63. The molecule has 3 nitrogen and oxygen atoms in total. The maximum Gasteiger partial charge on any atom is 0.229 e. The molecule has 1 unspecified atom stereocenters. The normalized spacial score (nSPS) is 19.1. The zero-order chi connectivity index (χ0) is 10.6. The summed E-state index contributed by atoms with van der Waals surface area (Å²) < 4.78 is 0. The maximum atomic E-state index is 11.2. The van der Waals surface area contributed by atoms with Crippen molar-refractivity contribution in [2.24, 2.45) is 0 Å². The van der Waals surface area contributed by atoms with Gasteiger partial charge in [-0.05, 0) is 19.1 Å². The summed E-state index contributed by atoms with van der Waals surface area (Å²) >= 11 is 1.82. The first kappa shape index (κ1) is 11.6. The molecule has 14 heavy (non-hydrogen) atoms. The van der Waals surface area contributed by atoms with E-state index in [4.69, 9.17) is 0 Å². The Bertz CT molecular complexity index is 214. The van der Waals surface area contributed by atoms with E-state index in [2.05, 4.69) is 13.2 Å². The van der Waals surface area contributed by atoms with Gasteiger partial charge in [-0.3, -0.25) is 14.5 Å². The van der Waals surface area contributed by atoms with Gasteiger partial charge in [0.25, 0.3) is 0 Å². The number of carbonyl (C=O) groups excluding carboxylic acids is 2. The number of nitrogens with zero attached hydrogens (tertiary/aromatic N) is 1. The van der Waals surface area contributed by atoms with E-state index in [0.717, 1.165) is 12.8 Å². The van der Waals surface area contributed by atoms with Crippen molar-refractivity contribution in [3.63, 3.8) is 0 Å². The maximum absolute atomic E-state index is 11.2. The fourth-order valence-corrected chi connectivity index (χ4v) is 1.93. The topological polar surface area (TPSA) is 37.4 Å². The molecule has 0 bridgehead atoms. The molecule has 1 aliphatic rings. The van der Waals surface area contributed by atoms with Gasteiger partial charge in [-0.25, -0.2) is 0 Å². The molecule has 1 rings (SSSR count). The molecule has 0 aromatic heterocycles. The van der Waals surface area contributed by atoms with Crippen LogP contribution in [0.15, 0.2) is 0 Å². The highest BCUT2D eigenvalue weighted by Crippen LogP contribution is 2.15. The van der Waals surface area contributed by atoms with E-state index >= 15 is 0 Å². The number of imide groups is 1. The Hall–Kier alpha value is -0.510. The molecule has 0 spiro atoms. The lowest BCUT2D eigenvalue weighted by Gasteiger charge is -2.14. The van der Waals surface area contributed by atoms with E-state index in [1.807, 2.05) is 11.8 Å². The van der Waals surface area contributed by atoms with E-state index in [1.165, 1.54) is 4.90 Å². The summed E-state index contributed by atoms with van der Waals surface area (Å²) in [6.45, 7) is 2.78. The Labute approximate surface area is 89.2 Å². The lowest BCUT2D eigenvalue weighted by Crippen LogP contribution is -2.30. The number of carbonyl (C=O) groups is 2. The fourth-order valence-electron chi connectivity index (χ4n) is 1.53. The molecule has 1 atom stereocenters. The minimum absolute atomic E-state index is 0.00630. The number of amides is 2. The zero-order valence-corrected chi connectivity index (χ0v) is 9.60. The van der Waals surface area contributed by atoms with Gasteiger partial charge in [-0.2, -0.15) is 11.8 Å². The molecule has 1 aliphatic heterocycles. The lowest BCUT2D eigenvalue weighted by molar-refractivity contribution is -0.138. The van der Waals surface area contributed by atoms with Gasteiger partial charge in [-0.1, -0.05) is 6.92 Å². The summed E-state index contributed by atoms with van der Waals surface area (Å²) in [5, 5.41) is 0.614. The van der Waals surface area contributed by atoms with Gasteiger partial charge >= 0.3 is 0 Å². The van der Waals surface area contributed by atoms with Crippen LogP contribution in [-0.4, -0.2) is 34.8 Å². The molecule has 2 amide bonds. The van der Waals surface area contributed by atoms with Crippen LogP contribution in [0.2, 0.25) is 0 Å². The van der Waals surface area contributed by atoms with Gasteiger partial charge in [-0.15, -0.1) is 0 Å². The standard InChI is InChI=1S/C10H17NO2S/c1-8(14-2)4-3-7-11-9(12)5-6-10(11)13/h8H,3-7H2,1-2H3. The van der Waals surface area contributed by atoms with Gasteiger partial charge < -0.3 is 0 Å². The van der Waals surface area contributed by atoms with Crippen LogP contribution in [0.25, 0.3) is 0 Å². The molecule has 0 aromatic rings. The molecule has 0 aliphatic carbocycles. The van der Waals surface area contributed by atoms with Gasteiger partial charge in [0.05, 0.1) is 0 Å². The molecule has 0 radical (unpaired) electrons. The van der Waals surface area contributed by atoms with E-state index in [0.29, 0.717) is 24.6 Å². The molecule has 1 saturated heterocycles. The molecule has 1 fully saturated rings. The minimum atomic E-state index is 0.00630. The summed E-state index contributed by atoms with van der Waals surface area (Å²) in [7, 11) is 0. The van der Waals surface area contributed by atoms with Gasteiger partial charge in [0.2, 0.25) is 11.8 Å². The van der Waals surface area contributed by atoms with Crippen molar-refractivity contribution < 1.29 is 9.59 Å². The van der Waals surface area contributed by atoms with E-state index in [9.17, 15) is 9.59 Å². The third kappa shape index (κ3) is 3.01. The van der Waals surface area contributed by atoms with E-state index in [1.54, 1.807) is 0 Å². The van der Waals surface area contributed by atoms with Crippen LogP contribution in [0.4, 0.5) is 0 Å². The predicted molar refractivity (Wildman–Crippen MR) is 58.2 cm³/mol.